The molecule has 0 saturated carbocycles. The summed E-state index contributed by atoms with van der Waals surface area (Å²) >= 11 is 0. The summed E-state index contributed by atoms with van der Waals surface area (Å²) in [6.45, 7) is 0. The fourth-order valence-corrected chi connectivity index (χ4v) is 1.99. The number of amidine groups is 1. The maximum atomic E-state index is 5.85. The van der Waals surface area contributed by atoms with Gasteiger partial charge < -0.3 is 11.1 Å². The van der Waals surface area contributed by atoms with Crippen molar-refractivity contribution in [3.8, 4) is 0 Å². The molecule has 1 heterocycles. The summed E-state index contributed by atoms with van der Waals surface area (Å²) in [5.74, 6) is 1.14. The molecule has 4 nitrogen and oxygen atoms in total. The SMILES string of the molecule is NC1=NC(c2ccccc2)N=C(c2ccccc2)N1. The van der Waals surface area contributed by atoms with Crippen LogP contribution < -0.4 is 11.1 Å². The normalized spacial score (nSPS) is 18.2. The highest BCUT2D eigenvalue weighted by atomic mass is 15.2. The lowest BCUT2D eigenvalue weighted by atomic mass is 10.1. The van der Waals surface area contributed by atoms with Gasteiger partial charge in [-0.15, -0.1) is 0 Å². The molecule has 0 radical (unpaired) electrons. The summed E-state index contributed by atoms with van der Waals surface area (Å²) in [6.07, 6.45) is -0.280. The van der Waals surface area contributed by atoms with Gasteiger partial charge in [-0.3, -0.25) is 0 Å². The van der Waals surface area contributed by atoms with Crippen LogP contribution in [0.2, 0.25) is 0 Å². The van der Waals surface area contributed by atoms with E-state index in [0.29, 0.717) is 5.96 Å². The zero-order valence-corrected chi connectivity index (χ0v) is 10.3. The Labute approximate surface area is 111 Å². The first kappa shape index (κ1) is 11.5. The van der Waals surface area contributed by atoms with E-state index in [2.05, 4.69) is 15.3 Å². The van der Waals surface area contributed by atoms with E-state index in [1.54, 1.807) is 0 Å². The van der Waals surface area contributed by atoms with Crippen molar-refractivity contribution in [2.75, 3.05) is 0 Å². The largest absolute Gasteiger partial charge is 0.370 e. The maximum absolute atomic E-state index is 5.85. The van der Waals surface area contributed by atoms with E-state index in [4.69, 9.17) is 5.73 Å². The number of guanidine groups is 1. The fraction of sp³-hybridized carbons (Fsp3) is 0.0667. The van der Waals surface area contributed by atoms with E-state index in [-0.39, 0.29) is 6.17 Å². The monoisotopic (exact) mass is 250 g/mol. The molecule has 0 bridgehead atoms. The molecule has 0 saturated heterocycles. The molecule has 0 spiro atoms. The summed E-state index contributed by atoms with van der Waals surface area (Å²) in [5, 5.41) is 3.01. The third-order valence-electron chi connectivity index (χ3n) is 2.90. The lowest BCUT2D eigenvalue weighted by Gasteiger charge is -2.19. The van der Waals surface area contributed by atoms with Gasteiger partial charge in [0.15, 0.2) is 12.1 Å². The van der Waals surface area contributed by atoms with Crippen molar-refractivity contribution in [1.29, 1.82) is 0 Å². The van der Waals surface area contributed by atoms with Crippen LogP contribution in [0.5, 0.6) is 0 Å². The van der Waals surface area contributed by atoms with Crippen molar-refractivity contribution in [1.82, 2.24) is 5.32 Å². The van der Waals surface area contributed by atoms with Crippen molar-refractivity contribution < 1.29 is 0 Å². The van der Waals surface area contributed by atoms with Crippen molar-refractivity contribution in [3.63, 3.8) is 0 Å². The number of benzene rings is 2. The van der Waals surface area contributed by atoms with Crippen LogP contribution in [0.1, 0.15) is 17.3 Å². The molecule has 19 heavy (non-hydrogen) atoms. The Bertz CT molecular complexity index is 617. The van der Waals surface area contributed by atoms with Gasteiger partial charge in [-0.2, -0.15) is 0 Å². The number of aliphatic imine (C=N–C) groups is 2. The number of nitrogens with two attached hydrogens (primary N) is 1. The predicted octanol–water partition coefficient (Wildman–Crippen LogP) is 2.05. The molecule has 94 valence electrons. The second-order valence-corrected chi connectivity index (χ2v) is 4.27. The topological polar surface area (TPSA) is 62.8 Å². The second-order valence-electron chi connectivity index (χ2n) is 4.27. The minimum absolute atomic E-state index is 0.280. The molecule has 2 aromatic carbocycles. The van der Waals surface area contributed by atoms with E-state index in [9.17, 15) is 0 Å². The van der Waals surface area contributed by atoms with Crippen LogP contribution in [0.25, 0.3) is 0 Å². The number of hydrogen-bond acceptors (Lipinski definition) is 4. The third-order valence-corrected chi connectivity index (χ3v) is 2.90. The van der Waals surface area contributed by atoms with Crippen molar-refractivity contribution >= 4 is 11.8 Å². The molecule has 3 rings (SSSR count). The van der Waals surface area contributed by atoms with Gasteiger partial charge >= 0.3 is 0 Å². The van der Waals surface area contributed by atoms with Crippen LogP contribution in [0.4, 0.5) is 0 Å². The van der Waals surface area contributed by atoms with Crippen LogP contribution in [-0.4, -0.2) is 11.8 Å². The predicted molar refractivity (Wildman–Crippen MR) is 76.9 cm³/mol. The van der Waals surface area contributed by atoms with Gasteiger partial charge in [0.25, 0.3) is 0 Å². The molecule has 1 aliphatic heterocycles. The van der Waals surface area contributed by atoms with Crippen LogP contribution in [0, 0.1) is 0 Å². The molecule has 0 fully saturated rings. The Morgan fingerprint density at radius 2 is 1.47 bits per heavy atom. The number of nitrogens with zero attached hydrogens (tertiary/aromatic N) is 2. The third kappa shape index (κ3) is 2.47. The van der Waals surface area contributed by atoms with Gasteiger partial charge in [0, 0.05) is 5.56 Å². The van der Waals surface area contributed by atoms with Crippen LogP contribution >= 0.6 is 0 Å². The molecule has 1 atom stereocenters. The molecule has 1 unspecified atom stereocenters. The first-order valence-corrected chi connectivity index (χ1v) is 6.11. The molecular formula is C15H14N4. The summed E-state index contributed by atoms with van der Waals surface area (Å²) in [6, 6.07) is 19.8. The van der Waals surface area contributed by atoms with Crippen LogP contribution in [-0.2, 0) is 0 Å². The molecule has 4 heteroatoms. The van der Waals surface area contributed by atoms with Gasteiger partial charge in [0.05, 0.1) is 0 Å². The minimum atomic E-state index is -0.280. The van der Waals surface area contributed by atoms with E-state index >= 15 is 0 Å². The number of rotatable bonds is 2. The first-order valence-electron chi connectivity index (χ1n) is 6.11. The minimum Gasteiger partial charge on any atom is -0.370 e. The van der Waals surface area contributed by atoms with Gasteiger partial charge in [0.1, 0.15) is 5.84 Å². The Kier molecular flexibility index (Phi) is 2.98. The standard InChI is InChI=1S/C15H14N4/c16-15-18-13(11-7-3-1-4-8-11)17-14(19-15)12-9-5-2-6-10-12/h1-10,13H,(H3,16,17,18,19). The van der Waals surface area contributed by atoms with Crippen molar-refractivity contribution in [2.45, 2.75) is 6.17 Å². The molecule has 0 amide bonds. The van der Waals surface area contributed by atoms with E-state index < -0.39 is 0 Å². The van der Waals surface area contributed by atoms with Crippen LogP contribution in [0.15, 0.2) is 70.6 Å². The highest BCUT2D eigenvalue weighted by molar-refractivity contribution is 6.09. The van der Waals surface area contributed by atoms with Crippen molar-refractivity contribution in [3.05, 3.63) is 71.8 Å². The summed E-state index contributed by atoms with van der Waals surface area (Å²) < 4.78 is 0. The Balaban J connectivity index is 1.97. The molecule has 0 aliphatic carbocycles. The van der Waals surface area contributed by atoms with Crippen molar-refractivity contribution in [2.24, 2.45) is 15.7 Å². The fourth-order valence-electron chi connectivity index (χ4n) is 1.99. The van der Waals surface area contributed by atoms with E-state index in [1.165, 1.54) is 0 Å². The Morgan fingerprint density at radius 3 is 2.16 bits per heavy atom. The van der Waals surface area contributed by atoms with Gasteiger partial charge in [-0.25, -0.2) is 9.98 Å². The highest BCUT2D eigenvalue weighted by Crippen LogP contribution is 2.21. The van der Waals surface area contributed by atoms with Gasteiger partial charge in [-0.1, -0.05) is 60.7 Å². The van der Waals surface area contributed by atoms with E-state index in [1.807, 2.05) is 60.7 Å². The first-order chi connectivity index (χ1) is 9.33. The number of hydrogen-bond donors (Lipinski definition) is 2. The Hall–Kier alpha value is -2.62. The maximum Gasteiger partial charge on any atom is 0.196 e. The Morgan fingerprint density at radius 1 is 0.842 bits per heavy atom. The van der Waals surface area contributed by atoms with Gasteiger partial charge in [-0.05, 0) is 5.56 Å². The average Bonchev–Trinajstić information content (AvgIpc) is 2.48. The summed E-state index contributed by atoms with van der Waals surface area (Å²) in [5.41, 5.74) is 7.88. The van der Waals surface area contributed by atoms with Gasteiger partial charge in [0.2, 0.25) is 0 Å². The zero-order chi connectivity index (χ0) is 13.1. The smallest absolute Gasteiger partial charge is 0.196 e. The lowest BCUT2D eigenvalue weighted by molar-refractivity contribution is 0.752. The molecule has 3 N–H and O–H groups in total. The summed E-state index contributed by atoms with van der Waals surface area (Å²) in [7, 11) is 0. The number of nitrogens with one attached hydrogen (secondary N) is 1. The molecule has 0 aromatic heterocycles. The quantitative estimate of drug-likeness (QED) is 0.856. The molecule has 1 aliphatic rings. The summed E-state index contributed by atoms with van der Waals surface area (Å²) in [4.78, 5) is 8.93. The second kappa shape index (κ2) is 4.94. The molecular weight excluding hydrogens is 236 g/mol. The molecule has 2 aromatic rings. The van der Waals surface area contributed by atoms with E-state index in [0.717, 1.165) is 17.0 Å². The van der Waals surface area contributed by atoms with Crippen LogP contribution in [0.3, 0.4) is 0 Å². The zero-order valence-electron chi connectivity index (χ0n) is 10.3. The average molecular weight is 250 g/mol. The highest BCUT2D eigenvalue weighted by Gasteiger charge is 2.17. The lowest BCUT2D eigenvalue weighted by Crippen LogP contribution is -2.40.